The van der Waals surface area contributed by atoms with Crippen LogP contribution in [0.5, 0.6) is 0 Å². The molecule has 0 saturated carbocycles. The molecule has 0 aliphatic heterocycles. The van der Waals surface area contributed by atoms with Crippen molar-refractivity contribution < 1.29 is 9.84 Å². The minimum atomic E-state index is -0.625. The molecule has 1 atom stereocenters. The normalized spacial score (nSPS) is 12.6. The molecule has 0 spiro atoms. The predicted octanol–water partition coefficient (Wildman–Crippen LogP) is 1.65. The molecule has 0 aliphatic carbocycles. The standard InChI is InChI=1S/C13H16N2O2/c1-15-8-12(7-14-15)13(16)11-5-3-10(4-6-11)9-17-2/h3-8,13,16H,9H2,1-2H3. The molecule has 4 heteroatoms. The summed E-state index contributed by atoms with van der Waals surface area (Å²) in [5.41, 5.74) is 2.75. The Labute approximate surface area is 100 Å². The van der Waals surface area contributed by atoms with Gasteiger partial charge in [-0.1, -0.05) is 24.3 Å². The van der Waals surface area contributed by atoms with Gasteiger partial charge >= 0.3 is 0 Å². The molecular formula is C13H16N2O2. The maximum atomic E-state index is 10.1. The minimum absolute atomic E-state index is 0.587. The number of hydrogen-bond acceptors (Lipinski definition) is 3. The summed E-state index contributed by atoms with van der Waals surface area (Å²) in [6, 6.07) is 7.73. The fourth-order valence-electron chi connectivity index (χ4n) is 1.74. The van der Waals surface area contributed by atoms with Crippen molar-refractivity contribution in [2.45, 2.75) is 12.7 Å². The average Bonchev–Trinajstić information content (AvgIpc) is 2.76. The first kappa shape index (κ1) is 11.8. The van der Waals surface area contributed by atoms with Gasteiger partial charge in [0, 0.05) is 25.9 Å². The third-order valence-corrected chi connectivity index (χ3v) is 2.65. The molecule has 1 heterocycles. The molecule has 0 aliphatic rings. The Morgan fingerprint density at radius 3 is 2.53 bits per heavy atom. The van der Waals surface area contributed by atoms with E-state index < -0.39 is 6.10 Å². The number of benzene rings is 1. The van der Waals surface area contributed by atoms with Crippen molar-refractivity contribution in [3.05, 3.63) is 53.3 Å². The van der Waals surface area contributed by atoms with Gasteiger partial charge in [0.1, 0.15) is 6.10 Å². The summed E-state index contributed by atoms with van der Waals surface area (Å²) in [6.07, 6.45) is 2.86. The number of hydrogen-bond donors (Lipinski definition) is 1. The van der Waals surface area contributed by atoms with Crippen molar-refractivity contribution in [1.82, 2.24) is 9.78 Å². The van der Waals surface area contributed by atoms with E-state index in [0.717, 1.165) is 16.7 Å². The minimum Gasteiger partial charge on any atom is -0.384 e. The van der Waals surface area contributed by atoms with Crippen LogP contribution in [0, 0.1) is 0 Å². The lowest BCUT2D eigenvalue weighted by molar-refractivity contribution is 0.184. The molecular weight excluding hydrogens is 216 g/mol. The second-order valence-electron chi connectivity index (χ2n) is 4.02. The molecule has 90 valence electrons. The van der Waals surface area contributed by atoms with Crippen LogP contribution in [0.25, 0.3) is 0 Å². The predicted molar refractivity (Wildman–Crippen MR) is 64.4 cm³/mol. The molecule has 2 aromatic rings. The molecule has 0 amide bonds. The van der Waals surface area contributed by atoms with Crippen LogP contribution < -0.4 is 0 Å². The van der Waals surface area contributed by atoms with E-state index in [9.17, 15) is 5.11 Å². The number of aliphatic hydroxyl groups excluding tert-OH is 1. The summed E-state index contributed by atoms with van der Waals surface area (Å²) >= 11 is 0. The maximum absolute atomic E-state index is 10.1. The SMILES string of the molecule is COCc1ccc(C(O)c2cnn(C)c2)cc1. The molecule has 4 nitrogen and oxygen atoms in total. The third-order valence-electron chi connectivity index (χ3n) is 2.65. The van der Waals surface area contributed by atoms with Crippen LogP contribution in [0.2, 0.25) is 0 Å². The first-order chi connectivity index (χ1) is 8.20. The van der Waals surface area contributed by atoms with Crippen LogP contribution in [0.1, 0.15) is 22.8 Å². The van der Waals surface area contributed by atoms with Crippen LogP contribution in [0.4, 0.5) is 0 Å². The second kappa shape index (κ2) is 5.12. The van der Waals surface area contributed by atoms with E-state index in [1.165, 1.54) is 0 Å². The molecule has 17 heavy (non-hydrogen) atoms. The largest absolute Gasteiger partial charge is 0.384 e. The zero-order chi connectivity index (χ0) is 12.3. The topological polar surface area (TPSA) is 47.3 Å². The highest BCUT2D eigenvalue weighted by Crippen LogP contribution is 2.21. The molecule has 1 aromatic heterocycles. The highest BCUT2D eigenvalue weighted by atomic mass is 16.5. The fourth-order valence-corrected chi connectivity index (χ4v) is 1.74. The smallest absolute Gasteiger partial charge is 0.107 e. The Bertz CT molecular complexity index is 476. The highest BCUT2D eigenvalue weighted by molar-refractivity contribution is 5.29. The summed E-state index contributed by atoms with van der Waals surface area (Å²) < 4.78 is 6.72. The van der Waals surface area contributed by atoms with Crippen molar-refractivity contribution in [3.63, 3.8) is 0 Å². The zero-order valence-corrected chi connectivity index (χ0v) is 10.00. The number of aliphatic hydroxyl groups is 1. The van der Waals surface area contributed by atoms with E-state index in [1.54, 1.807) is 18.0 Å². The van der Waals surface area contributed by atoms with Gasteiger partial charge in [0.05, 0.1) is 12.8 Å². The molecule has 0 saturated heterocycles. The number of rotatable bonds is 4. The monoisotopic (exact) mass is 232 g/mol. The Balaban J connectivity index is 2.16. The van der Waals surface area contributed by atoms with Crippen molar-refractivity contribution in [1.29, 1.82) is 0 Å². The van der Waals surface area contributed by atoms with Gasteiger partial charge in [-0.3, -0.25) is 4.68 Å². The lowest BCUT2D eigenvalue weighted by Crippen LogP contribution is -1.99. The second-order valence-corrected chi connectivity index (χ2v) is 4.02. The van der Waals surface area contributed by atoms with Gasteiger partial charge in [0.15, 0.2) is 0 Å². The Hall–Kier alpha value is -1.65. The number of ether oxygens (including phenoxy) is 1. The molecule has 0 radical (unpaired) electrons. The Kier molecular flexibility index (Phi) is 3.56. The van der Waals surface area contributed by atoms with Crippen molar-refractivity contribution >= 4 is 0 Å². The van der Waals surface area contributed by atoms with Crippen molar-refractivity contribution in [3.8, 4) is 0 Å². The van der Waals surface area contributed by atoms with E-state index in [-0.39, 0.29) is 0 Å². The molecule has 2 rings (SSSR count). The van der Waals surface area contributed by atoms with Crippen LogP contribution in [-0.2, 0) is 18.4 Å². The lowest BCUT2D eigenvalue weighted by atomic mass is 10.0. The quantitative estimate of drug-likeness (QED) is 0.872. The first-order valence-corrected chi connectivity index (χ1v) is 5.45. The van der Waals surface area contributed by atoms with Crippen LogP contribution in [0.3, 0.4) is 0 Å². The van der Waals surface area contributed by atoms with E-state index in [0.29, 0.717) is 6.61 Å². The van der Waals surface area contributed by atoms with E-state index >= 15 is 0 Å². The van der Waals surface area contributed by atoms with Crippen molar-refractivity contribution in [2.24, 2.45) is 7.05 Å². The van der Waals surface area contributed by atoms with Crippen molar-refractivity contribution in [2.75, 3.05) is 7.11 Å². The van der Waals surface area contributed by atoms with Crippen LogP contribution >= 0.6 is 0 Å². The maximum Gasteiger partial charge on any atom is 0.107 e. The number of aryl methyl sites for hydroxylation is 1. The molecule has 1 N–H and O–H groups in total. The number of aromatic nitrogens is 2. The zero-order valence-electron chi connectivity index (χ0n) is 10.00. The first-order valence-electron chi connectivity index (χ1n) is 5.45. The average molecular weight is 232 g/mol. The van der Waals surface area contributed by atoms with Gasteiger partial charge in [-0.15, -0.1) is 0 Å². The molecule has 0 bridgehead atoms. The molecule has 1 unspecified atom stereocenters. The summed E-state index contributed by atoms with van der Waals surface area (Å²) in [7, 11) is 3.50. The number of methoxy groups -OCH3 is 1. The summed E-state index contributed by atoms with van der Waals surface area (Å²) in [6.45, 7) is 0.587. The van der Waals surface area contributed by atoms with Gasteiger partial charge < -0.3 is 9.84 Å². The summed E-state index contributed by atoms with van der Waals surface area (Å²) in [5, 5.41) is 14.2. The number of nitrogens with zero attached hydrogens (tertiary/aromatic N) is 2. The van der Waals surface area contributed by atoms with Gasteiger partial charge in [0.2, 0.25) is 0 Å². The van der Waals surface area contributed by atoms with E-state index in [4.69, 9.17) is 4.74 Å². The van der Waals surface area contributed by atoms with E-state index in [1.807, 2.05) is 37.5 Å². The summed E-state index contributed by atoms with van der Waals surface area (Å²) in [5.74, 6) is 0. The van der Waals surface area contributed by atoms with Gasteiger partial charge in [-0.2, -0.15) is 5.10 Å². The van der Waals surface area contributed by atoms with Crippen LogP contribution in [0.15, 0.2) is 36.7 Å². The lowest BCUT2D eigenvalue weighted by Gasteiger charge is -2.09. The molecule has 1 aromatic carbocycles. The highest BCUT2D eigenvalue weighted by Gasteiger charge is 2.11. The molecule has 0 fully saturated rings. The Morgan fingerprint density at radius 1 is 1.29 bits per heavy atom. The third kappa shape index (κ3) is 2.72. The summed E-state index contributed by atoms with van der Waals surface area (Å²) in [4.78, 5) is 0. The Morgan fingerprint density at radius 2 is 2.00 bits per heavy atom. The fraction of sp³-hybridized carbons (Fsp3) is 0.308. The van der Waals surface area contributed by atoms with Gasteiger partial charge in [-0.05, 0) is 11.1 Å². The van der Waals surface area contributed by atoms with Crippen LogP contribution in [-0.4, -0.2) is 22.0 Å². The van der Waals surface area contributed by atoms with E-state index in [2.05, 4.69) is 5.10 Å². The van der Waals surface area contributed by atoms with Gasteiger partial charge in [0.25, 0.3) is 0 Å². The van der Waals surface area contributed by atoms with Gasteiger partial charge in [-0.25, -0.2) is 0 Å².